The zero-order valence-corrected chi connectivity index (χ0v) is 11.4. The Bertz CT molecular complexity index is 341. The summed E-state index contributed by atoms with van der Waals surface area (Å²) in [6.45, 7) is 6.44. The third kappa shape index (κ3) is 5.51. The van der Waals surface area contributed by atoms with Crippen molar-refractivity contribution in [2.24, 2.45) is 5.92 Å². The molecule has 0 aliphatic carbocycles. The lowest BCUT2D eigenvalue weighted by Gasteiger charge is -2.12. The first kappa shape index (κ1) is 14.5. The molecule has 0 bridgehead atoms. The van der Waals surface area contributed by atoms with Crippen molar-refractivity contribution < 1.29 is 4.39 Å². The van der Waals surface area contributed by atoms with Crippen molar-refractivity contribution in [3.8, 4) is 0 Å². The van der Waals surface area contributed by atoms with Crippen molar-refractivity contribution >= 4 is 11.6 Å². The zero-order chi connectivity index (χ0) is 12.7. The summed E-state index contributed by atoms with van der Waals surface area (Å²) in [4.78, 5) is 0. The van der Waals surface area contributed by atoms with Crippen LogP contribution in [0.25, 0.3) is 0 Å². The van der Waals surface area contributed by atoms with Crippen molar-refractivity contribution in [1.82, 2.24) is 5.32 Å². The highest BCUT2D eigenvalue weighted by Gasteiger charge is 2.06. The van der Waals surface area contributed by atoms with Gasteiger partial charge in [0.2, 0.25) is 0 Å². The van der Waals surface area contributed by atoms with Gasteiger partial charge in [0.05, 0.1) is 0 Å². The SMILES string of the molecule is CCCNCC(C)CCc1cc(F)ccc1Cl. The van der Waals surface area contributed by atoms with Gasteiger partial charge >= 0.3 is 0 Å². The van der Waals surface area contributed by atoms with E-state index in [0.29, 0.717) is 10.9 Å². The monoisotopic (exact) mass is 257 g/mol. The highest BCUT2D eigenvalue weighted by molar-refractivity contribution is 6.31. The number of hydrogen-bond acceptors (Lipinski definition) is 1. The number of aryl methyl sites for hydroxylation is 1. The van der Waals surface area contributed by atoms with Crippen LogP contribution in [0.15, 0.2) is 18.2 Å². The van der Waals surface area contributed by atoms with Crippen LogP contribution in [0.3, 0.4) is 0 Å². The average molecular weight is 258 g/mol. The van der Waals surface area contributed by atoms with Gasteiger partial charge in [0, 0.05) is 5.02 Å². The van der Waals surface area contributed by atoms with Crippen LogP contribution in [0, 0.1) is 11.7 Å². The molecular formula is C14H21ClFN. The van der Waals surface area contributed by atoms with Gasteiger partial charge in [-0.1, -0.05) is 25.4 Å². The van der Waals surface area contributed by atoms with Crippen molar-refractivity contribution in [1.29, 1.82) is 0 Å². The second-order valence-corrected chi connectivity index (χ2v) is 4.99. The van der Waals surface area contributed by atoms with Gasteiger partial charge in [0.1, 0.15) is 5.82 Å². The van der Waals surface area contributed by atoms with Crippen molar-refractivity contribution in [3.63, 3.8) is 0 Å². The Kier molecular flexibility index (Phi) is 6.53. The quantitative estimate of drug-likeness (QED) is 0.727. The molecule has 1 unspecified atom stereocenters. The van der Waals surface area contributed by atoms with E-state index in [4.69, 9.17) is 11.6 Å². The Balaban J connectivity index is 2.36. The predicted molar refractivity (Wildman–Crippen MR) is 72.1 cm³/mol. The number of hydrogen-bond donors (Lipinski definition) is 1. The summed E-state index contributed by atoms with van der Waals surface area (Å²) in [7, 11) is 0. The molecule has 0 spiro atoms. The van der Waals surface area contributed by atoms with Crippen molar-refractivity contribution in [2.75, 3.05) is 13.1 Å². The number of halogens is 2. The lowest BCUT2D eigenvalue weighted by Crippen LogP contribution is -2.22. The van der Waals surface area contributed by atoms with E-state index in [-0.39, 0.29) is 5.82 Å². The third-order valence-electron chi connectivity index (χ3n) is 2.83. The summed E-state index contributed by atoms with van der Waals surface area (Å²) >= 11 is 6.02. The van der Waals surface area contributed by atoms with Crippen molar-refractivity contribution in [2.45, 2.75) is 33.1 Å². The second-order valence-electron chi connectivity index (χ2n) is 4.58. The summed E-state index contributed by atoms with van der Waals surface area (Å²) in [5.41, 5.74) is 0.911. The molecule has 0 aromatic heterocycles. The molecule has 96 valence electrons. The zero-order valence-electron chi connectivity index (χ0n) is 10.6. The Morgan fingerprint density at radius 2 is 2.18 bits per heavy atom. The molecule has 17 heavy (non-hydrogen) atoms. The van der Waals surface area contributed by atoms with Crippen LogP contribution in [0.4, 0.5) is 4.39 Å². The van der Waals surface area contributed by atoms with E-state index in [1.807, 2.05) is 0 Å². The summed E-state index contributed by atoms with van der Waals surface area (Å²) < 4.78 is 13.0. The number of nitrogens with one attached hydrogen (secondary N) is 1. The second kappa shape index (κ2) is 7.67. The van der Waals surface area contributed by atoms with E-state index in [2.05, 4.69) is 19.2 Å². The van der Waals surface area contributed by atoms with Crippen LogP contribution in [0.1, 0.15) is 32.3 Å². The van der Waals surface area contributed by atoms with Crippen LogP contribution >= 0.6 is 11.6 Å². The Morgan fingerprint density at radius 1 is 1.41 bits per heavy atom. The third-order valence-corrected chi connectivity index (χ3v) is 3.20. The largest absolute Gasteiger partial charge is 0.316 e. The van der Waals surface area contributed by atoms with E-state index in [0.717, 1.165) is 37.9 Å². The smallest absolute Gasteiger partial charge is 0.123 e. The molecule has 0 saturated carbocycles. The maximum atomic E-state index is 13.0. The highest BCUT2D eigenvalue weighted by Crippen LogP contribution is 2.20. The summed E-state index contributed by atoms with van der Waals surface area (Å²) in [6.07, 6.45) is 3.02. The topological polar surface area (TPSA) is 12.0 Å². The first-order chi connectivity index (χ1) is 8.13. The molecule has 0 saturated heterocycles. The summed E-state index contributed by atoms with van der Waals surface area (Å²) in [6, 6.07) is 4.57. The van der Waals surface area contributed by atoms with E-state index >= 15 is 0 Å². The van der Waals surface area contributed by atoms with Gasteiger partial charge in [-0.25, -0.2) is 4.39 Å². The fraction of sp³-hybridized carbons (Fsp3) is 0.571. The molecule has 0 heterocycles. The standard InChI is InChI=1S/C14H21ClFN/c1-3-8-17-10-11(2)4-5-12-9-13(16)6-7-14(12)15/h6-7,9,11,17H,3-5,8,10H2,1-2H3. The minimum absolute atomic E-state index is 0.207. The van der Waals surface area contributed by atoms with Crippen LogP contribution in [0.2, 0.25) is 5.02 Å². The van der Waals surface area contributed by atoms with Crippen LogP contribution in [-0.2, 0) is 6.42 Å². The molecule has 1 aromatic rings. The minimum Gasteiger partial charge on any atom is -0.316 e. The van der Waals surface area contributed by atoms with Crippen molar-refractivity contribution in [3.05, 3.63) is 34.6 Å². The van der Waals surface area contributed by atoms with Crippen LogP contribution in [-0.4, -0.2) is 13.1 Å². The van der Waals surface area contributed by atoms with E-state index in [9.17, 15) is 4.39 Å². The highest BCUT2D eigenvalue weighted by atomic mass is 35.5. The minimum atomic E-state index is -0.207. The molecular weight excluding hydrogens is 237 g/mol. The Hall–Kier alpha value is -0.600. The first-order valence-corrected chi connectivity index (χ1v) is 6.66. The molecule has 1 nitrogen and oxygen atoms in total. The average Bonchev–Trinajstić information content (AvgIpc) is 2.31. The van der Waals surface area contributed by atoms with Gasteiger partial charge in [0.25, 0.3) is 0 Å². The van der Waals surface area contributed by atoms with E-state index in [1.54, 1.807) is 6.07 Å². The molecule has 0 aliphatic heterocycles. The normalized spacial score (nSPS) is 12.7. The molecule has 1 rings (SSSR count). The van der Waals surface area contributed by atoms with Crippen LogP contribution in [0.5, 0.6) is 0 Å². The predicted octanol–water partition coefficient (Wildman–Crippen LogP) is 4.05. The number of rotatable bonds is 7. The molecule has 1 atom stereocenters. The fourth-order valence-electron chi connectivity index (χ4n) is 1.76. The Labute approximate surface area is 108 Å². The van der Waals surface area contributed by atoms with Gasteiger partial charge in [0.15, 0.2) is 0 Å². The lowest BCUT2D eigenvalue weighted by molar-refractivity contribution is 0.481. The first-order valence-electron chi connectivity index (χ1n) is 6.28. The summed E-state index contributed by atoms with van der Waals surface area (Å²) in [5, 5.41) is 4.06. The molecule has 0 amide bonds. The molecule has 3 heteroatoms. The van der Waals surface area contributed by atoms with Gasteiger partial charge in [-0.3, -0.25) is 0 Å². The fourth-order valence-corrected chi connectivity index (χ4v) is 1.98. The van der Waals surface area contributed by atoms with Gasteiger partial charge < -0.3 is 5.32 Å². The van der Waals surface area contributed by atoms with E-state index in [1.165, 1.54) is 12.1 Å². The van der Waals surface area contributed by atoms with Gasteiger partial charge in [-0.05, 0) is 62.0 Å². The molecule has 0 radical (unpaired) electrons. The van der Waals surface area contributed by atoms with E-state index < -0.39 is 0 Å². The van der Waals surface area contributed by atoms with Gasteiger partial charge in [-0.15, -0.1) is 0 Å². The number of benzene rings is 1. The molecule has 1 aromatic carbocycles. The lowest BCUT2D eigenvalue weighted by atomic mass is 10.0. The maximum Gasteiger partial charge on any atom is 0.123 e. The molecule has 0 fully saturated rings. The molecule has 1 N–H and O–H groups in total. The van der Waals surface area contributed by atoms with Crippen LogP contribution < -0.4 is 5.32 Å². The molecule has 0 aliphatic rings. The summed E-state index contributed by atoms with van der Waals surface area (Å²) in [5.74, 6) is 0.377. The maximum absolute atomic E-state index is 13.0. The Morgan fingerprint density at radius 3 is 2.88 bits per heavy atom. The van der Waals surface area contributed by atoms with Gasteiger partial charge in [-0.2, -0.15) is 0 Å².